The molecular weight excluding hydrogens is 184 g/mol. The zero-order chi connectivity index (χ0) is 11.4. The van der Waals surface area contributed by atoms with Gasteiger partial charge in [0.25, 0.3) is 0 Å². The first kappa shape index (κ1) is 12.7. The highest BCUT2D eigenvalue weighted by Gasteiger charge is 2.36. The van der Waals surface area contributed by atoms with Crippen LogP contribution in [0.2, 0.25) is 0 Å². The van der Waals surface area contributed by atoms with E-state index in [2.05, 4.69) is 27.7 Å². The number of carbonyl (C=O) groups is 1. The predicted octanol–water partition coefficient (Wildman–Crippen LogP) is 4.06. The summed E-state index contributed by atoms with van der Waals surface area (Å²) < 4.78 is 0. The van der Waals surface area contributed by atoms with Crippen molar-refractivity contribution in [2.45, 2.75) is 59.8 Å². The van der Waals surface area contributed by atoms with Gasteiger partial charge in [0.2, 0.25) is 0 Å². The molecule has 0 saturated heterocycles. The first-order valence-corrected chi connectivity index (χ1v) is 6.61. The minimum Gasteiger partial charge on any atom is -0.299 e. The summed E-state index contributed by atoms with van der Waals surface area (Å²) >= 11 is 0. The van der Waals surface area contributed by atoms with Crippen LogP contribution in [0.5, 0.6) is 0 Å². The Labute approximate surface area is 94.6 Å². The van der Waals surface area contributed by atoms with Crippen LogP contribution >= 0.6 is 0 Å². The summed E-state index contributed by atoms with van der Waals surface area (Å²) in [7, 11) is 0. The second-order valence-electron chi connectivity index (χ2n) is 5.54. The lowest BCUT2D eigenvalue weighted by Gasteiger charge is -2.36. The highest BCUT2D eigenvalue weighted by molar-refractivity contribution is 5.84. The average Bonchev–Trinajstić information content (AvgIpc) is 2.19. The second-order valence-corrected chi connectivity index (χ2v) is 5.54. The van der Waals surface area contributed by atoms with Crippen molar-refractivity contribution in [3.8, 4) is 0 Å². The summed E-state index contributed by atoms with van der Waals surface area (Å²) in [5.41, 5.74) is 0. The first-order valence-electron chi connectivity index (χ1n) is 6.61. The molecule has 0 aromatic heterocycles. The molecule has 1 saturated carbocycles. The smallest absolute Gasteiger partial charge is 0.139 e. The molecule has 1 aliphatic carbocycles. The van der Waals surface area contributed by atoms with Crippen LogP contribution in [0.3, 0.4) is 0 Å². The van der Waals surface area contributed by atoms with Gasteiger partial charge in [-0.1, -0.05) is 40.5 Å². The van der Waals surface area contributed by atoms with E-state index in [1.807, 2.05) is 0 Å². The maximum atomic E-state index is 12.1. The molecule has 1 heteroatoms. The quantitative estimate of drug-likeness (QED) is 0.683. The van der Waals surface area contributed by atoms with Crippen molar-refractivity contribution in [3.63, 3.8) is 0 Å². The summed E-state index contributed by atoms with van der Waals surface area (Å²) in [5, 5.41) is 0. The van der Waals surface area contributed by atoms with Gasteiger partial charge in [0, 0.05) is 11.8 Å². The molecule has 0 aromatic carbocycles. The predicted molar refractivity (Wildman–Crippen MR) is 64.7 cm³/mol. The molecule has 3 atom stereocenters. The molecule has 0 aromatic rings. The first-order chi connectivity index (χ1) is 7.07. The van der Waals surface area contributed by atoms with Crippen LogP contribution in [-0.4, -0.2) is 5.78 Å². The summed E-state index contributed by atoms with van der Waals surface area (Å²) in [4.78, 5) is 12.1. The summed E-state index contributed by atoms with van der Waals surface area (Å²) in [6, 6.07) is 0. The number of rotatable bonds is 4. The van der Waals surface area contributed by atoms with E-state index < -0.39 is 0 Å². The molecule has 0 aliphatic heterocycles. The molecule has 1 nitrogen and oxygen atoms in total. The van der Waals surface area contributed by atoms with Gasteiger partial charge in [-0.05, 0) is 31.1 Å². The van der Waals surface area contributed by atoms with Gasteiger partial charge in [-0.25, -0.2) is 0 Å². The van der Waals surface area contributed by atoms with Gasteiger partial charge in [-0.2, -0.15) is 0 Å². The number of Topliss-reactive ketones (excluding diaryl/α,β-unsaturated/α-hetero) is 1. The maximum absolute atomic E-state index is 12.1. The van der Waals surface area contributed by atoms with Gasteiger partial charge in [0.15, 0.2) is 0 Å². The van der Waals surface area contributed by atoms with Gasteiger partial charge in [0.05, 0.1) is 0 Å². The van der Waals surface area contributed by atoms with Crippen molar-refractivity contribution in [1.29, 1.82) is 0 Å². The molecule has 88 valence electrons. The lowest BCUT2D eigenvalue weighted by atomic mass is 9.68. The van der Waals surface area contributed by atoms with Crippen LogP contribution in [0.1, 0.15) is 59.8 Å². The number of ketones is 1. The monoisotopic (exact) mass is 210 g/mol. The zero-order valence-electron chi connectivity index (χ0n) is 10.8. The van der Waals surface area contributed by atoms with Crippen LogP contribution < -0.4 is 0 Å². The molecule has 0 bridgehead atoms. The fraction of sp³-hybridized carbons (Fsp3) is 0.929. The van der Waals surface area contributed by atoms with Crippen LogP contribution in [0.15, 0.2) is 0 Å². The van der Waals surface area contributed by atoms with E-state index in [-0.39, 0.29) is 0 Å². The lowest BCUT2D eigenvalue weighted by Crippen LogP contribution is -2.36. The summed E-state index contributed by atoms with van der Waals surface area (Å²) in [6.45, 7) is 8.86. The molecule has 0 N–H and O–H groups in total. The lowest BCUT2D eigenvalue weighted by molar-refractivity contribution is -0.132. The second kappa shape index (κ2) is 5.67. The van der Waals surface area contributed by atoms with Crippen molar-refractivity contribution < 1.29 is 4.79 Å². The van der Waals surface area contributed by atoms with Crippen LogP contribution in [0.4, 0.5) is 0 Å². The standard InChI is InChI=1S/C14H26O/c1-5-6-7-13-12(10(2)3)9-8-11(4)14(13)15/h10-13H,5-9H2,1-4H3. The fourth-order valence-corrected chi connectivity index (χ4v) is 2.94. The van der Waals surface area contributed by atoms with Gasteiger partial charge in [-0.3, -0.25) is 4.79 Å². The molecule has 0 amide bonds. The Morgan fingerprint density at radius 3 is 2.53 bits per heavy atom. The van der Waals surface area contributed by atoms with Gasteiger partial charge in [0.1, 0.15) is 5.78 Å². The summed E-state index contributed by atoms with van der Waals surface area (Å²) in [5.74, 6) is 2.56. The fourth-order valence-electron chi connectivity index (χ4n) is 2.94. The Morgan fingerprint density at radius 1 is 1.33 bits per heavy atom. The van der Waals surface area contributed by atoms with E-state index in [1.165, 1.54) is 19.3 Å². The van der Waals surface area contributed by atoms with E-state index in [0.29, 0.717) is 29.5 Å². The van der Waals surface area contributed by atoms with Crippen molar-refractivity contribution in [2.75, 3.05) is 0 Å². The summed E-state index contributed by atoms with van der Waals surface area (Å²) in [6.07, 6.45) is 5.93. The Balaban J connectivity index is 2.66. The zero-order valence-corrected chi connectivity index (χ0v) is 10.8. The van der Waals surface area contributed by atoms with Gasteiger partial charge < -0.3 is 0 Å². The molecule has 0 heterocycles. The largest absolute Gasteiger partial charge is 0.299 e. The molecule has 1 rings (SSSR count). The van der Waals surface area contributed by atoms with Crippen LogP contribution in [0.25, 0.3) is 0 Å². The van der Waals surface area contributed by atoms with Gasteiger partial charge >= 0.3 is 0 Å². The molecule has 15 heavy (non-hydrogen) atoms. The Kier molecular flexibility index (Phi) is 4.82. The minimum atomic E-state index is 0.321. The van der Waals surface area contributed by atoms with Crippen LogP contribution in [0, 0.1) is 23.7 Å². The maximum Gasteiger partial charge on any atom is 0.139 e. The number of hydrogen-bond donors (Lipinski definition) is 0. The van der Waals surface area contributed by atoms with Crippen molar-refractivity contribution in [1.82, 2.24) is 0 Å². The normalized spacial score (nSPS) is 32.3. The number of hydrogen-bond acceptors (Lipinski definition) is 1. The Hall–Kier alpha value is -0.330. The minimum absolute atomic E-state index is 0.321. The third-order valence-corrected chi connectivity index (χ3v) is 4.03. The van der Waals surface area contributed by atoms with E-state index >= 15 is 0 Å². The third-order valence-electron chi connectivity index (χ3n) is 4.03. The highest BCUT2D eigenvalue weighted by Crippen LogP contribution is 2.38. The van der Waals surface area contributed by atoms with Crippen molar-refractivity contribution >= 4 is 5.78 Å². The average molecular weight is 210 g/mol. The third kappa shape index (κ3) is 3.06. The highest BCUT2D eigenvalue weighted by atomic mass is 16.1. The van der Waals surface area contributed by atoms with E-state index in [4.69, 9.17) is 0 Å². The topological polar surface area (TPSA) is 17.1 Å². The SMILES string of the molecule is CCCCC1C(=O)C(C)CCC1C(C)C. The molecule has 1 aliphatic rings. The molecular formula is C14H26O. The number of unbranched alkanes of at least 4 members (excludes halogenated alkanes) is 1. The Bertz CT molecular complexity index is 207. The van der Waals surface area contributed by atoms with Crippen molar-refractivity contribution in [3.05, 3.63) is 0 Å². The molecule has 0 spiro atoms. The van der Waals surface area contributed by atoms with Crippen molar-refractivity contribution in [2.24, 2.45) is 23.7 Å². The van der Waals surface area contributed by atoms with Gasteiger partial charge in [-0.15, -0.1) is 0 Å². The van der Waals surface area contributed by atoms with E-state index in [1.54, 1.807) is 0 Å². The Morgan fingerprint density at radius 2 is 2.00 bits per heavy atom. The molecule has 0 radical (unpaired) electrons. The molecule has 3 unspecified atom stereocenters. The van der Waals surface area contributed by atoms with E-state index in [9.17, 15) is 4.79 Å². The van der Waals surface area contributed by atoms with E-state index in [0.717, 1.165) is 12.8 Å². The van der Waals surface area contributed by atoms with Crippen LogP contribution in [-0.2, 0) is 4.79 Å². The molecule has 1 fully saturated rings. The number of carbonyl (C=O) groups excluding carboxylic acids is 1.